The monoisotopic (exact) mass is 316 g/mol. The summed E-state index contributed by atoms with van der Waals surface area (Å²) in [5, 5.41) is 1.25. The predicted octanol–water partition coefficient (Wildman–Crippen LogP) is 2.25. The molecule has 23 heavy (non-hydrogen) atoms. The van der Waals surface area contributed by atoms with Crippen LogP contribution in [0.25, 0.3) is 10.9 Å². The maximum Gasteiger partial charge on any atom is 0.305 e. The lowest BCUT2D eigenvalue weighted by Gasteiger charge is -2.13. The number of esters is 1. The van der Waals surface area contributed by atoms with E-state index >= 15 is 0 Å². The second kappa shape index (κ2) is 6.72. The third-order valence-electron chi connectivity index (χ3n) is 4.62. The van der Waals surface area contributed by atoms with Crippen LogP contribution in [0.1, 0.15) is 23.1 Å². The number of aryl methyl sites for hydroxylation is 2. The van der Waals surface area contributed by atoms with E-state index in [4.69, 9.17) is 9.47 Å². The minimum atomic E-state index is -0.158. The van der Waals surface area contributed by atoms with Gasteiger partial charge in [-0.05, 0) is 35.2 Å². The molecule has 0 saturated carbocycles. The first-order chi connectivity index (χ1) is 11.1. The Hall–Kier alpha value is -1.85. The van der Waals surface area contributed by atoms with Crippen molar-refractivity contribution in [2.75, 3.05) is 27.4 Å². The van der Waals surface area contributed by atoms with Gasteiger partial charge in [0.05, 0.1) is 13.7 Å². The van der Waals surface area contributed by atoms with Gasteiger partial charge in [0.25, 0.3) is 0 Å². The number of ether oxygens (including phenoxy) is 2. The summed E-state index contributed by atoms with van der Waals surface area (Å²) in [5.74, 6) is -0.158. The zero-order valence-electron chi connectivity index (χ0n) is 14.1. The molecule has 0 spiro atoms. The van der Waals surface area contributed by atoms with Crippen molar-refractivity contribution < 1.29 is 14.3 Å². The molecule has 2 heterocycles. The highest BCUT2D eigenvalue weighted by molar-refractivity contribution is 5.86. The largest absolute Gasteiger partial charge is 0.469 e. The van der Waals surface area contributed by atoms with E-state index in [2.05, 4.69) is 34.8 Å². The second-order valence-electron chi connectivity index (χ2n) is 6.18. The van der Waals surface area contributed by atoms with Gasteiger partial charge in [-0.2, -0.15) is 0 Å². The highest BCUT2D eigenvalue weighted by Gasteiger charge is 2.21. The fourth-order valence-electron chi connectivity index (χ4n) is 3.35. The number of benzene rings is 1. The minimum absolute atomic E-state index is 0.158. The fraction of sp³-hybridized carbons (Fsp3) is 0.500. The summed E-state index contributed by atoms with van der Waals surface area (Å²) >= 11 is 0. The van der Waals surface area contributed by atoms with Gasteiger partial charge in [0.15, 0.2) is 0 Å². The molecule has 5 nitrogen and oxygen atoms in total. The Labute approximate surface area is 136 Å². The van der Waals surface area contributed by atoms with Gasteiger partial charge < -0.3 is 14.0 Å². The van der Waals surface area contributed by atoms with Gasteiger partial charge >= 0.3 is 5.97 Å². The number of hydrogen-bond donors (Lipinski definition) is 0. The lowest BCUT2D eigenvalue weighted by Crippen LogP contribution is -2.21. The summed E-state index contributed by atoms with van der Waals surface area (Å²) in [4.78, 5) is 13.8. The smallest absolute Gasteiger partial charge is 0.305 e. The molecular formula is C18H24N2O3. The van der Waals surface area contributed by atoms with Gasteiger partial charge in [-0.3, -0.25) is 9.69 Å². The molecule has 0 radical (unpaired) electrons. The van der Waals surface area contributed by atoms with Crippen LogP contribution in [0.3, 0.4) is 0 Å². The van der Waals surface area contributed by atoms with Crippen LogP contribution in [0.5, 0.6) is 0 Å². The molecule has 2 aromatic rings. The minimum Gasteiger partial charge on any atom is -0.469 e. The van der Waals surface area contributed by atoms with Crippen LogP contribution in [-0.4, -0.2) is 42.8 Å². The number of fused-ring (bicyclic) bond motifs is 2. The van der Waals surface area contributed by atoms with Crippen LogP contribution >= 0.6 is 0 Å². The molecule has 0 amide bonds. The number of aromatic nitrogens is 1. The molecule has 0 aliphatic carbocycles. The first-order valence-corrected chi connectivity index (χ1v) is 8.00. The molecule has 1 aliphatic heterocycles. The van der Waals surface area contributed by atoms with E-state index in [0.29, 0.717) is 6.42 Å². The molecule has 0 N–H and O–H groups in total. The van der Waals surface area contributed by atoms with Crippen molar-refractivity contribution in [3.8, 4) is 0 Å². The van der Waals surface area contributed by atoms with Crippen molar-refractivity contribution in [1.82, 2.24) is 9.47 Å². The van der Waals surface area contributed by atoms with Gasteiger partial charge in [0.1, 0.15) is 0 Å². The molecule has 0 unspecified atom stereocenters. The van der Waals surface area contributed by atoms with Crippen LogP contribution < -0.4 is 0 Å². The maximum atomic E-state index is 11.4. The number of methoxy groups -OCH3 is 2. The van der Waals surface area contributed by atoms with Gasteiger partial charge in [-0.15, -0.1) is 0 Å². The Morgan fingerprint density at radius 2 is 1.96 bits per heavy atom. The van der Waals surface area contributed by atoms with Crippen LogP contribution in [0.2, 0.25) is 0 Å². The highest BCUT2D eigenvalue weighted by atomic mass is 16.5. The third kappa shape index (κ3) is 3.26. The van der Waals surface area contributed by atoms with Crippen molar-refractivity contribution in [3.05, 3.63) is 35.0 Å². The van der Waals surface area contributed by atoms with Crippen molar-refractivity contribution in [1.29, 1.82) is 0 Å². The molecule has 3 rings (SSSR count). The molecular weight excluding hydrogens is 292 g/mol. The molecule has 0 atom stereocenters. The van der Waals surface area contributed by atoms with Crippen LogP contribution in [0.15, 0.2) is 18.3 Å². The van der Waals surface area contributed by atoms with Gasteiger partial charge in [-0.25, -0.2) is 0 Å². The molecule has 5 heteroatoms. The van der Waals surface area contributed by atoms with E-state index < -0.39 is 0 Å². The normalized spacial score (nSPS) is 14.4. The molecule has 1 aromatic carbocycles. The van der Waals surface area contributed by atoms with Crippen molar-refractivity contribution in [2.24, 2.45) is 7.05 Å². The van der Waals surface area contributed by atoms with E-state index in [-0.39, 0.29) is 5.97 Å². The van der Waals surface area contributed by atoms with Crippen LogP contribution in [0.4, 0.5) is 0 Å². The van der Waals surface area contributed by atoms with E-state index in [1.165, 1.54) is 34.7 Å². The van der Waals surface area contributed by atoms with E-state index in [1.807, 2.05) is 0 Å². The quantitative estimate of drug-likeness (QED) is 0.767. The number of carbonyl (C=O) groups excluding carboxylic acids is 1. The average Bonchev–Trinajstić information content (AvgIpc) is 3.09. The standard InChI is InChI=1S/C18H24N2O3/c1-19-10-13(4-5-18(21)23-3)16-8-14-11-20(6-7-22-2)12-15(14)9-17(16)19/h8-10H,4-7,11-12H2,1-3H3. The lowest BCUT2D eigenvalue weighted by molar-refractivity contribution is -0.140. The zero-order valence-corrected chi connectivity index (χ0v) is 14.1. The topological polar surface area (TPSA) is 43.7 Å². The Morgan fingerprint density at radius 1 is 1.22 bits per heavy atom. The molecule has 124 valence electrons. The van der Waals surface area contributed by atoms with Gasteiger partial charge in [0, 0.05) is 57.3 Å². The molecule has 1 aliphatic rings. The van der Waals surface area contributed by atoms with Gasteiger partial charge in [-0.1, -0.05) is 0 Å². The third-order valence-corrected chi connectivity index (χ3v) is 4.62. The van der Waals surface area contributed by atoms with Gasteiger partial charge in [0.2, 0.25) is 0 Å². The Balaban J connectivity index is 1.85. The molecule has 0 saturated heterocycles. The molecule has 0 bridgehead atoms. The second-order valence-corrected chi connectivity index (χ2v) is 6.18. The summed E-state index contributed by atoms with van der Waals surface area (Å²) in [5.41, 5.74) is 5.23. The zero-order chi connectivity index (χ0) is 16.4. The number of nitrogens with zero attached hydrogens (tertiary/aromatic N) is 2. The number of hydrogen-bond acceptors (Lipinski definition) is 4. The molecule has 1 aromatic heterocycles. The summed E-state index contributed by atoms with van der Waals surface area (Å²) in [6, 6.07) is 4.59. The van der Waals surface area contributed by atoms with Crippen molar-refractivity contribution in [3.63, 3.8) is 0 Å². The van der Waals surface area contributed by atoms with Crippen molar-refractivity contribution in [2.45, 2.75) is 25.9 Å². The highest BCUT2D eigenvalue weighted by Crippen LogP contribution is 2.30. The Kier molecular flexibility index (Phi) is 4.68. The average molecular weight is 316 g/mol. The summed E-state index contributed by atoms with van der Waals surface area (Å²) in [6.07, 6.45) is 3.27. The SMILES string of the molecule is COCCN1Cc2cc3c(CCC(=O)OC)cn(C)c3cc2C1. The van der Waals surface area contributed by atoms with E-state index in [9.17, 15) is 4.79 Å². The van der Waals surface area contributed by atoms with Crippen LogP contribution in [-0.2, 0) is 40.8 Å². The van der Waals surface area contributed by atoms with E-state index in [1.54, 1.807) is 7.11 Å². The molecule has 0 fully saturated rings. The number of carbonyl (C=O) groups is 1. The Morgan fingerprint density at radius 3 is 2.65 bits per heavy atom. The Bertz CT molecular complexity index is 721. The maximum absolute atomic E-state index is 11.4. The predicted molar refractivity (Wildman–Crippen MR) is 89.2 cm³/mol. The first kappa shape index (κ1) is 16.0. The number of rotatable bonds is 6. The lowest BCUT2D eigenvalue weighted by atomic mass is 10.0. The van der Waals surface area contributed by atoms with E-state index in [0.717, 1.165) is 32.7 Å². The summed E-state index contributed by atoms with van der Waals surface area (Å²) < 4.78 is 12.1. The first-order valence-electron chi connectivity index (χ1n) is 8.00. The van der Waals surface area contributed by atoms with Crippen molar-refractivity contribution >= 4 is 16.9 Å². The summed E-state index contributed by atoms with van der Waals surface area (Å²) in [7, 11) is 5.24. The van der Waals surface area contributed by atoms with Crippen LogP contribution in [0, 0.1) is 0 Å². The summed E-state index contributed by atoms with van der Waals surface area (Å²) in [6.45, 7) is 3.67. The fourth-order valence-corrected chi connectivity index (χ4v) is 3.35.